The number of carbonyl (C=O) groups is 1. The minimum atomic E-state index is -0.741. The number of hydrogen-bond acceptors (Lipinski definition) is 3. The van der Waals surface area contributed by atoms with E-state index in [0.717, 1.165) is 31.4 Å². The summed E-state index contributed by atoms with van der Waals surface area (Å²) in [6.45, 7) is 2.17. The van der Waals surface area contributed by atoms with E-state index in [4.69, 9.17) is 0 Å². The van der Waals surface area contributed by atoms with Crippen LogP contribution >= 0.6 is 11.8 Å². The maximum Gasteiger partial charge on any atom is 0.251 e. The van der Waals surface area contributed by atoms with Gasteiger partial charge in [-0.25, -0.2) is 8.78 Å². The second-order valence-electron chi connectivity index (χ2n) is 5.13. The van der Waals surface area contributed by atoms with Crippen LogP contribution in [0.4, 0.5) is 14.5 Å². The number of halogens is 2. The zero-order chi connectivity index (χ0) is 15.4. The highest BCUT2D eigenvalue weighted by atomic mass is 32.2. The fourth-order valence-electron chi connectivity index (χ4n) is 2.67. The summed E-state index contributed by atoms with van der Waals surface area (Å²) < 4.78 is 27.7. The van der Waals surface area contributed by atoms with Gasteiger partial charge in [-0.15, -0.1) is 0 Å². The number of thioether (sulfide) groups is 1. The van der Waals surface area contributed by atoms with E-state index in [1.165, 1.54) is 0 Å². The molecule has 2 atom stereocenters. The van der Waals surface area contributed by atoms with E-state index < -0.39 is 17.5 Å². The van der Waals surface area contributed by atoms with Crippen molar-refractivity contribution in [2.45, 2.75) is 37.5 Å². The molecule has 2 unspecified atom stereocenters. The molecule has 6 heteroatoms. The van der Waals surface area contributed by atoms with Gasteiger partial charge in [0.05, 0.1) is 0 Å². The standard InChI is InChI=1S/C15H20F2N2OS/c1-3-18-14-10(16)7-9(8-11(14)17)15(20)19-12-5-4-6-13(12)21-2/h7-8,12-13,18H,3-6H2,1-2H3,(H,19,20). The average molecular weight is 314 g/mol. The maximum absolute atomic E-state index is 13.8. The molecule has 3 nitrogen and oxygen atoms in total. The van der Waals surface area contributed by atoms with E-state index in [2.05, 4.69) is 10.6 Å². The smallest absolute Gasteiger partial charge is 0.251 e. The quantitative estimate of drug-likeness (QED) is 0.875. The fraction of sp³-hybridized carbons (Fsp3) is 0.533. The van der Waals surface area contributed by atoms with E-state index in [9.17, 15) is 13.6 Å². The van der Waals surface area contributed by atoms with Crippen LogP contribution in [0.5, 0.6) is 0 Å². The van der Waals surface area contributed by atoms with E-state index in [1.807, 2.05) is 6.26 Å². The molecule has 0 aromatic heterocycles. The summed E-state index contributed by atoms with van der Waals surface area (Å²) in [5, 5.41) is 5.88. The predicted molar refractivity (Wildman–Crippen MR) is 82.9 cm³/mol. The Morgan fingerprint density at radius 3 is 2.57 bits per heavy atom. The molecule has 0 saturated heterocycles. The second-order valence-corrected chi connectivity index (χ2v) is 6.21. The van der Waals surface area contributed by atoms with Crippen LogP contribution < -0.4 is 10.6 Å². The summed E-state index contributed by atoms with van der Waals surface area (Å²) in [5.41, 5.74) is -0.157. The largest absolute Gasteiger partial charge is 0.381 e. The third kappa shape index (κ3) is 3.67. The van der Waals surface area contributed by atoms with Gasteiger partial charge in [-0.2, -0.15) is 11.8 Å². The molecule has 21 heavy (non-hydrogen) atoms. The zero-order valence-corrected chi connectivity index (χ0v) is 13.0. The van der Waals surface area contributed by atoms with Crippen molar-refractivity contribution in [3.05, 3.63) is 29.3 Å². The number of amides is 1. The van der Waals surface area contributed by atoms with Crippen LogP contribution in [-0.4, -0.2) is 30.0 Å². The molecule has 1 aromatic rings. The third-order valence-electron chi connectivity index (χ3n) is 3.73. The van der Waals surface area contributed by atoms with Crippen LogP contribution in [0, 0.1) is 11.6 Å². The summed E-state index contributed by atoms with van der Waals surface area (Å²) in [6.07, 6.45) is 5.06. The summed E-state index contributed by atoms with van der Waals surface area (Å²) in [5.74, 6) is -1.90. The molecule has 0 bridgehead atoms. The predicted octanol–water partition coefficient (Wildman–Crippen LogP) is 3.41. The lowest BCUT2D eigenvalue weighted by Crippen LogP contribution is -2.38. The molecule has 0 heterocycles. The van der Waals surface area contributed by atoms with Crippen molar-refractivity contribution in [1.82, 2.24) is 5.32 Å². The summed E-state index contributed by atoms with van der Waals surface area (Å²) in [6, 6.07) is 2.24. The van der Waals surface area contributed by atoms with Crippen molar-refractivity contribution in [3.8, 4) is 0 Å². The SMILES string of the molecule is CCNc1c(F)cc(C(=O)NC2CCCC2SC)cc1F. The van der Waals surface area contributed by atoms with E-state index in [0.29, 0.717) is 11.8 Å². The lowest BCUT2D eigenvalue weighted by atomic mass is 10.1. The molecule has 0 radical (unpaired) electrons. The van der Waals surface area contributed by atoms with Gasteiger partial charge in [0.2, 0.25) is 0 Å². The molecule has 0 spiro atoms. The number of anilines is 1. The number of hydrogen-bond donors (Lipinski definition) is 2. The average Bonchev–Trinajstić information content (AvgIpc) is 2.89. The zero-order valence-electron chi connectivity index (χ0n) is 12.2. The van der Waals surface area contributed by atoms with E-state index in [1.54, 1.807) is 18.7 Å². The molecular weight excluding hydrogens is 294 g/mol. The van der Waals surface area contributed by atoms with E-state index >= 15 is 0 Å². The van der Waals surface area contributed by atoms with Crippen LogP contribution in [0.2, 0.25) is 0 Å². The maximum atomic E-state index is 13.8. The topological polar surface area (TPSA) is 41.1 Å². The summed E-state index contributed by atoms with van der Waals surface area (Å²) >= 11 is 1.72. The molecule has 0 aliphatic heterocycles. The molecule has 1 saturated carbocycles. The molecule has 1 fully saturated rings. The lowest BCUT2D eigenvalue weighted by molar-refractivity contribution is 0.0938. The molecule has 1 aromatic carbocycles. The molecule has 2 N–H and O–H groups in total. The first-order valence-corrected chi connectivity index (χ1v) is 8.42. The highest BCUT2D eigenvalue weighted by molar-refractivity contribution is 7.99. The molecular formula is C15H20F2N2OS. The van der Waals surface area contributed by atoms with Crippen molar-refractivity contribution < 1.29 is 13.6 Å². The van der Waals surface area contributed by atoms with Crippen LogP contribution in [0.25, 0.3) is 0 Å². The highest BCUT2D eigenvalue weighted by Gasteiger charge is 2.28. The Labute approximate surface area is 127 Å². The van der Waals surface area contributed by atoms with Gasteiger partial charge >= 0.3 is 0 Å². The van der Waals surface area contributed by atoms with Crippen molar-refractivity contribution in [2.75, 3.05) is 18.1 Å². The molecule has 1 aliphatic carbocycles. The van der Waals surface area contributed by atoms with Crippen LogP contribution in [0.1, 0.15) is 36.5 Å². The Hall–Kier alpha value is -1.30. The van der Waals surface area contributed by atoms with Crippen molar-refractivity contribution >= 4 is 23.4 Å². The van der Waals surface area contributed by atoms with Gasteiger partial charge in [0, 0.05) is 23.4 Å². The monoisotopic (exact) mass is 314 g/mol. The van der Waals surface area contributed by atoms with Gasteiger partial charge in [-0.1, -0.05) is 6.42 Å². The number of benzene rings is 1. The van der Waals surface area contributed by atoms with Gasteiger partial charge in [-0.05, 0) is 38.2 Å². The molecule has 116 valence electrons. The third-order valence-corrected chi connectivity index (χ3v) is 4.90. The van der Waals surface area contributed by atoms with Gasteiger partial charge in [0.1, 0.15) is 17.3 Å². The normalized spacial score (nSPS) is 21.3. The van der Waals surface area contributed by atoms with Crippen LogP contribution in [0.15, 0.2) is 12.1 Å². The minimum absolute atomic E-state index is 0.0263. The highest BCUT2D eigenvalue weighted by Crippen LogP contribution is 2.29. The first-order chi connectivity index (χ1) is 10.1. The summed E-state index contributed by atoms with van der Waals surface area (Å²) in [7, 11) is 0. The summed E-state index contributed by atoms with van der Waals surface area (Å²) in [4.78, 5) is 12.2. The van der Waals surface area contributed by atoms with Crippen molar-refractivity contribution in [2.24, 2.45) is 0 Å². The fourth-order valence-corrected chi connectivity index (χ4v) is 3.61. The Balaban J connectivity index is 2.12. The second kappa shape index (κ2) is 7.11. The van der Waals surface area contributed by atoms with Crippen LogP contribution in [0.3, 0.4) is 0 Å². The van der Waals surface area contributed by atoms with Gasteiger partial charge in [0.25, 0.3) is 5.91 Å². The number of rotatable bonds is 5. The Morgan fingerprint density at radius 2 is 2.00 bits per heavy atom. The van der Waals surface area contributed by atoms with Crippen molar-refractivity contribution in [3.63, 3.8) is 0 Å². The van der Waals surface area contributed by atoms with Crippen LogP contribution in [-0.2, 0) is 0 Å². The first kappa shape index (κ1) is 16.1. The van der Waals surface area contributed by atoms with Gasteiger partial charge in [0.15, 0.2) is 0 Å². The number of carbonyl (C=O) groups excluding carboxylic acids is 1. The Bertz CT molecular complexity index is 501. The number of nitrogens with one attached hydrogen (secondary N) is 2. The van der Waals surface area contributed by atoms with Gasteiger partial charge in [-0.3, -0.25) is 4.79 Å². The molecule has 1 aliphatic rings. The first-order valence-electron chi connectivity index (χ1n) is 7.13. The minimum Gasteiger partial charge on any atom is -0.381 e. The molecule has 1 amide bonds. The van der Waals surface area contributed by atoms with E-state index in [-0.39, 0.29) is 17.3 Å². The lowest BCUT2D eigenvalue weighted by Gasteiger charge is -2.19. The molecule has 2 rings (SSSR count). The Morgan fingerprint density at radius 1 is 1.33 bits per heavy atom. The Kier molecular flexibility index (Phi) is 5.45. The van der Waals surface area contributed by atoms with Crippen molar-refractivity contribution in [1.29, 1.82) is 0 Å². The van der Waals surface area contributed by atoms with Gasteiger partial charge < -0.3 is 10.6 Å².